The zero-order chi connectivity index (χ0) is 30.6. The molecule has 1 aliphatic rings. The molecular formula is C31H36N6O6. The van der Waals surface area contributed by atoms with Crippen molar-refractivity contribution < 1.29 is 28.9 Å². The predicted octanol–water partition coefficient (Wildman–Crippen LogP) is 4.53. The van der Waals surface area contributed by atoms with Crippen molar-refractivity contribution in [3.63, 3.8) is 0 Å². The zero-order valence-corrected chi connectivity index (χ0v) is 24.7. The van der Waals surface area contributed by atoms with Crippen LogP contribution in [-0.2, 0) is 14.9 Å². The molecule has 0 bridgehead atoms. The van der Waals surface area contributed by atoms with Crippen LogP contribution in [0.4, 0.5) is 16.3 Å². The minimum atomic E-state index is -0.958. The van der Waals surface area contributed by atoms with E-state index in [2.05, 4.69) is 36.4 Å². The summed E-state index contributed by atoms with van der Waals surface area (Å²) in [6.07, 6.45) is 0.814. The lowest BCUT2D eigenvalue weighted by Crippen LogP contribution is -2.47. The molecule has 1 unspecified atom stereocenters. The van der Waals surface area contributed by atoms with Gasteiger partial charge >= 0.3 is 12.0 Å². The molecule has 5 rings (SSSR count). The highest BCUT2D eigenvalue weighted by Crippen LogP contribution is 2.32. The lowest BCUT2D eigenvalue weighted by Gasteiger charge is -2.30. The summed E-state index contributed by atoms with van der Waals surface area (Å²) in [6.45, 7) is 8.46. The minimum Gasteiger partial charge on any atom is -0.492 e. The lowest BCUT2D eigenvalue weighted by atomic mass is 9.92. The van der Waals surface area contributed by atoms with Crippen molar-refractivity contribution in [3.8, 4) is 17.3 Å². The summed E-state index contributed by atoms with van der Waals surface area (Å²) in [5, 5.41) is 21.5. The van der Waals surface area contributed by atoms with Gasteiger partial charge in [0.25, 0.3) is 0 Å². The first-order chi connectivity index (χ1) is 20.6. The molecule has 0 spiro atoms. The number of hydrogen-bond donors (Lipinski definition) is 3. The topological polar surface area (TPSA) is 140 Å². The van der Waals surface area contributed by atoms with Crippen LogP contribution in [0.5, 0.6) is 11.6 Å². The van der Waals surface area contributed by atoms with E-state index in [0.717, 1.165) is 16.5 Å². The highest BCUT2D eigenvalue weighted by atomic mass is 16.5. The number of aliphatic carboxylic acids is 1. The number of urea groups is 1. The number of hydrogen-bond acceptors (Lipinski definition) is 8. The van der Waals surface area contributed by atoms with Gasteiger partial charge in [0.15, 0.2) is 6.10 Å². The maximum absolute atomic E-state index is 13.3. The van der Waals surface area contributed by atoms with Crippen LogP contribution in [0, 0.1) is 0 Å². The average molecular weight is 589 g/mol. The molecule has 3 heterocycles. The van der Waals surface area contributed by atoms with Crippen molar-refractivity contribution in [2.24, 2.45) is 0 Å². The molecule has 1 saturated heterocycles. The molecule has 4 aromatic rings. The number of methoxy groups -OCH3 is 1. The molecule has 3 N–H and O–H groups in total. The summed E-state index contributed by atoms with van der Waals surface area (Å²) in [5.74, 6) is 0.684. The molecule has 2 aromatic carbocycles. The van der Waals surface area contributed by atoms with E-state index in [1.807, 2.05) is 47.4 Å². The fraction of sp³-hybridized carbons (Fsp3) is 0.355. The summed E-state index contributed by atoms with van der Waals surface area (Å²) in [7, 11) is 1.55. The Morgan fingerprint density at radius 2 is 1.88 bits per heavy atom. The number of morpholine rings is 1. The Morgan fingerprint density at radius 3 is 2.58 bits per heavy atom. The van der Waals surface area contributed by atoms with Gasteiger partial charge in [-0.2, -0.15) is 5.10 Å². The van der Waals surface area contributed by atoms with Crippen LogP contribution in [0.1, 0.15) is 26.5 Å². The number of aromatic nitrogens is 3. The van der Waals surface area contributed by atoms with Gasteiger partial charge in [-0.3, -0.25) is 10.2 Å². The quantitative estimate of drug-likeness (QED) is 0.257. The number of amides is 2. The van der Waals surface area contributed by atoms with E-state index in [1.165, 1.54) is 0 Å². The maximum atomic E-state index is 13.3. The average Bonchev–Trinajstić information content (AvgIpc) is 3.42. The van der Waals surface area contributed by atoms with E-state index >= 15 is 0 Å². The van der Waals surface area contributed by atoms with Crippen molar-refractivity contribution >= 4 is 34.3 Å². The molecule has 12 heteroatoms. The van der Waals surface area contributed by atoms with Gasteiger partial charge in [-0.15, -0.1) is 0 Å². The van der Waals surface area contributed by atoms with Crippen molar-refractivity contribution in [3.05, 3.63) is 66.5 Å². The van der Waals surface area contributed by atoms with Crippen LogP contribution in [0.25, 0.3) is 16.5 Å². The van der Waals surface area contributed by atoms with Crippen molar-refractivity contribution in [1.29, 1.82) is 0 Å². The first-order valence-corrected chi connectivity index (χ1v) is 14.0. The summed E-state index contributed by atoms with van der Waals surface area (Å²) in [6, 6.07) is 16.3. The molecule has 1 fully saturated rings. The van der Waals surface area contributed by atoms with Crippen LogP contribution < -0.4 is 20.1 Å². The Kier molecular flexibility index (Phi) is 8.78. The van der Waals surface area contributed by atoms with Gasteiger partial charge in [0.2, 0.25) is 5.88 Å². The fourth-order valence-electron chi connectivity index (χ4n) is 4.77. The second-order valence-electron chi connectivity index (χ2n) is 11.2. The van der Waals surface area contributed by atoms with Crippen LogP contribution in [0.15, 0.2) is 60.8 Å². The second-order valence-corrected chi connectivity index (χ2v) is 11.2. The smallest absolute Gasteiger partial charge is 0.334 e. The zero-order valence-electron chi connectivity index (χ0n) is 24.7. The fourth-order valence-corrected chi connectivity index (χ4v) is 4.77. The molecule has 2 aromatic heterocycles. The largest absolute Gasteiger partial charge is 0.492 e. The normalized spacial score (nSPS) is 15.7. The van der Waals surface area contributed by atoms with Crippen molar-refractivity contribution in [2.75, 3.05) is 50.6 Å². The molecule has 226 valence electrons. The lowest BCUT2D eigenvalue weighted by molar-refractivity contribution is -0.156. The second kappa shape index (κ2) is 12.7. The maximum Gasteiger partial charge on any atom is 0.334 e. The number of anilines is 2. The third-order valence-electron chi connectivity index (χ3n) is 7.12. The number of ether oxygens (including phenoxy) is 3. The van der Waals surface area contributed by atoms with E-state index in [1.54, 1.807) is 30.1 Å². The van der Waals surface area contributed by atoms with Gasteiger partial charge in [-0.1, -0.05) is 45.0 Å². The highest BCUT2D eigenvalue weighted by molar-refractivity contribution is 6.07. The summed E-state index contributed by atoms with van der Waals surface area (Å²) in [5.41, 5.74) is 1.85. The molecule has 0 saturated carbocycles. The van der Waals surface area contributed by atoms with Crippen LogP contribution >= 0.6 is 0 Å². The third kappa shape index (κ3) is 7.04. The van der Waals surface area contributed by atoms with Crippen LogP contribution in [-0.4, -0.2) is 82.8 Å². The summed E-state index contributed by atoms with van der Waals surface area (Å²) >= 11 is 0. The van der Waals surface area contributed by atoms with Gasteiger partial charge in [-0.25, -0.2) is 19.3 Å². The van der Waals surface area contributed by atoms with Crippen molar-refractivity contribution in [1.82, 2.24) is 19.7 Å². The Bertz CT molecular complexity index is 1600. The number of carboxylic acids is 1. The van der Waals surface area contributed by atoms with E-state index in [4.69, 9.17) is 19.3 Å². The first-order valence-electron chi connectivity index (χ1n) is 14.0. The number of carbonyl (C=O) groups is 2. The van der Waals surface area contributed by atoms with Gasteiger partial charge in [0, 0.05) is 48.0 Å². The molecule has 0 radical (unpaired) electrons. The van der Waals surface area contributed by atoms with Crippen molar-refractivity contribution in [2.45, 2.75) is 32.3 Å². The number of nitrogens with one attached hydrogen (secondary N) is 2. The van der Waals surface area contributed by atoms with E-state index < -0.39 is 18.1 Å². The number of carboxylic acid groups (broad SMARTS) is 1. The molecular weight excluding hydrogens is 552 g/mol. The Morgan fingerprint density at radius 1 is 1.09 bits per heavy atom. The molecule has 2 amide bonds. The molecule has 43 heavy (non-hydrogen) atoms. The van der Waals surface area contributed by atoms with E-state index in [0.29, 0.717) is 61.7 Å². The van der Waals surface area contributed by atoms with Crippen LogP contribution in [0.3, 0.4) is 0 Å². The van der Waals surface area contributed by atoms with Gasteiger partial charge in [0.05, 0.1) is 37.0 Å². The number of rotatable bonds is 9. The van der Waals surface area contributed by atoms with Gasteiger partial charge < -0.3 is 24.6 Å². The molecule has 1 atom stereocenters. The number of benzene rings is 2. The Labute approximate surface area is 249 Å². The molecule has 0 aliphatic carbocycles. The first kappa shape index (κ1) is 29.8. The van der Waals surface area contributed by atoms with Gasteiger partial charge in [-0.05, 0) is 18.2 Å². The standard InChI is InChI=1S/C31H36N6O6/c1-31(2,3)26-17-27(37(35-26)20-9-12-28(41-4)32-18-20)34-30(40)33-23-10-11-24(22-8-6-5-7-21(22)23)42-15-13-36-14-16-43-25(19-36)29(38)39/h5-12,17-18,25H,13-16,19H2,1-4H3,(H,38,39)(H2,33,34,40). The number of carbonyl (C=O) groups excluding carboxylic acids is 1. The summed E-state index contributed by atoms with van der Waals surface area (Å²) in [4.78, 5) is 30.8. The number of pyridine rings is 1. The van der Waals surface area contributed by atoms with Gasteiger partial charge in [0.1, 0.15) is 18.2 Å². The van der Waals surface area contributed by atoms with E-state index in [9.17, 15) is 14.7 Å². The molecule has 1 aliphatic heterocycles. The number of nitrogens with zero attached hydrogens (tertiary/aromatic N) is 4. The monoisotopic (exact) mass is 588 g/mol. The molecule has 12 nitrogen and oxygen atoms in total. The highest BCUT2D eigenvalue weighted by Gasteiger charge is 2.26. The minimum absolute atomic E-state index is 0.246. The van der Waals surface area contributed by atoms with Crippen LogP contribution in [0.2, 0.25) is 0 Å². The summed E-state index contributed by atoms with van der Waals surface area (Å²) < 4.78 is 18.2. The Balaban J connectivity index is 1.30. The predicted molar refractivity (Wildman–Crippen MR) is 163 cm³/mol. The Hall–Kier alpha value is -4.68. The SMILES string of the molecule is COc1ccc(-n2nc(C(C)(C)C)cc2NC(=O)Nc2ccc(OCCN3CCOC(C(=O)O)C3)c3ccccc23)cn1. The number of fused-ring (bicyclic) bond motifs is 1. The van der Waals surface area contributed by atoms with E-state index in [-0.39, 0.29) is 5.41 Å². The third-order valence-corrected chi connectivity index (χ3v) is 7.12.